The second-order valence-electron chi connectivity index (χ2n) is 10.9. The maximum atomic E-state index is 7.09. The van der Waals surface area contributed by atoms with Gasteiger partial charge < -0.3 is 14.2 Å². The molecule has 5 aromatic carbocycles. The van der Waals surface area contributed by atoms with Gasteiger partial charge in [0.25, 0.3) is 0 Å². The second kappa shape index (κ2) is 16.0. The first-order valence-electron chi connectivity index (χ1n) is 15.4. The molecule has 0 heterocycles. The lowest BCUT2D eigenvalue weighted by atomic mass is 9.80. The minimum Gasteiger partial charge on any atom is -0.373 e. The largest absolute Gasteiger partial charge is 0.373 e. The van der Waals surface area contributed by atoms with Crippen LogP contribution >= 0.6 is 0 Å². The molecule has 0 bridgehead atoms. The maximum Gasteiger partial charge on any atom is 0.143 e. The molecule has 2 atom stereocenters. The van der Waals surface area contributed by atoms with Crippen LogP contribution in [0.5, 0.6) is 0 Å². The molecule has 0 N–H and O–H groups in total. The Hall–Kier alpha value is -4.02. The fraction of sp³-hybridized carbons (Fsp3) is 0.250. The second-order valence-corrected chi connectivity index (χ2v) is 10.9. The highest BCUT2D eigenvalue weighted by Crippen LogP contribution is 2.40. The summed E-state index contributed by atoms with van der Waals surface area (Å²) in [5, 5.41) is 0. The van der Waals surface area contributed by atoms with Crippen molar-refractivity contribution in [3.63, 3.8) is 0 Å². The van der Waals surface area contributed by atoms with Crippen molar-refractivity contribution >= 4 is 0 Å². The number of hydrogen-bond donors (Lipinski definition) is 0. The van der Waals surface area contributed by atoms with Gasteiger partial charge in [-0.1, -0.05) is 159 Å². The van der Waals surface area contributed by atoms with E-state index in [2.05, 4.69) is 146 Å². The van der Waals surface area contributed by atoms with E-state index in [1.54, 1.807) is 0 Å². The van der Waals surface area contributed by atoms with Gasteiger partial charge in [0.05, 0.1) is 32.0 Å². The van der Waals surface area contributed by atoms with Gasteiger partial charge in [0, 0.05) is 0 Å². The van der Waals surface area contributed by atoms with Crippen molar-refractivity contribution < 1.29 is 14.2 Å². The van der Waals surface area contributed by atoms with Crippen LogP contribution in [0.25, 0.3) is 0 Å². The van der Waals surface area contributed by atoms with Crippen LogP contribution < -0.4 is 0 Å². The predicted molar refractivity (Wildman–Crippen MR) is 175 cm³/mol. The Balaban J connectivity index is 1.37. The van der Waals surface area contributed by atoms with Crippen LogP contribution in [-0.4, -0.2) is 18.8 Å². The predicted octanol–water partition coefficient (Wildman–Crippen LogP) is 9.36. The molecule has 0 saturated heterocycles. The van der Waals surface area contributed by atoms with E-state index in [0.29, 0.717) is 19.8 Å². The standard InChI is InChI=1S/C40H42O3/c1-2-38(41-31-33-18-8-3-9-19-33)30-39(42-32-34-20-10-4-11-21-34)28-29-43-40(35-22-12-5-13-23-35,36-24-14-6-15-25-36)37-26-16-7-17-27-37/h3-27,38-39H,2,28-32H2,1H3/t38-,39+/m1/s1. The van der Waals surface area contributed by atoms with Crippen molar-refractivity contribution in [2.45, 2.75) is 57.2 Å². The number of ether oxygens (including phenoxy) is 3. The lowest BCUT2D eigenvalue weighted by Gasteiger charge is -2.36. The van der Waals surface area contributed by atoms with Gasteiger partial charge in [-0.25, -0.2) is 0 Å². The van der Waals surface area contributed by atoms with Gasteiger partial charge in [-0.15, -0.1) is 0 Å². The van der Waals surface area contributed by atoms with Crippen molar-refractivity contribution in [1.29, 1.82) is 0 Å². The minimum atomic E-state index is -0.748. The molecule has 220 valence electrons. The van der Waals surface area contributed by atoms with Crippen LogP contribution in [-0.2, 0) is 33.0 Å². The zero-order valence-electron chi connectivity index (χ0n) is 25.1. The number of rotatable bonds is 16. The van der Waals surface area contributed by atoms with Gasteiger partial charge in [0.2, 0.25) is 0 Å². The molecule has 0 amide bonds. The third-order valence-electron chi connectivity index (χ3n) is 7.94. The minimum absolute atomic E-state index is 0.0269. The van der Waals surface area contributed by atoms with E-state index < -0.39 is 5.60 Å². The first kappa shape index (κ1) is 30.4. The normalized spacial score (nSPS) is 13.0. The lowest BCUT2D eigenvalue weighted by Crippen LogP contribution is -2.34. The summed E-state index contributed by atoms with van der Waals surface area (Å²) in [5.74, 6) is 0. The molecule has 0 fully saturated rings. The van der Waals surface area contributed by atoms with E-state index in [-0.39, 0.29) is 12.2 Å². The van der Waals surface area contributed by atoms with Gasteiger partial charge >= 0.3 is 0 Å². The summed E-state index contributed by atoms with van der Waals surface area (Å²) in [6, 6.07) is 52.4. The summed E-state index contributed by atoms with van der Waals surface area (Å²) in [6.07, 6.45) is 2.52. The summed E-state index contributed by atoms with van der Waals surface area (Å²) >= 11 is 0. The Morgan fingerprint density at radius 2 is 0.860 bits per heavy atom. The third-order valence-corrected chi connectivity index (χ3v) is 7.94. The van der Waals surface area contributed by atoms with E-state index >= 15 is 0 Å². The van der Waals surface area contributed by atoms with Crippen LogP contribution in [0.1, 0.15) is 54.0 Å². The molecule has 43 heavy (non-hydrogen) atoms. The van der Waals surface area contributed by atoms with Crippen LogP contribution in [0.3, 0.4) is 0 Å². The summed E-state index contributed by atoms with van der Waals surface area (Å²) in [6.45, 7) is 3.86. The summed E-state index contributed by atoms with van der Waals surface area (Å²) in [7, 11) is 0. The van der Waals surface area contributed by atoms with Crippen LogP contribution in [0.4, 0.5) is 0 Å². The Morgan fingerprint density at radius 3 is 1.26 bits per heavy atom. The average Bonchev–Trinajstić information content (AvgIpc) is 3.09. The first-order valence-corrected chi connectivity index (χ1v) is 15.4. The molecule has 0 radical (unpaired) electrons. The van der Waals surface area contributed by atoms with Gasteiger partial charge in [-0.05, 0) is 47.1 Å². The molecule has 0 aliphatic heterocycles. The topological polar surface area (TPSA) is 27.7 Å². The molecule has 5 aromatic rings. The molecule has 3 heteroatoms. The molecule has 0 aliphatic carbocycles. The Bertz CT molecular complexity index is 1340. The monoisotopic (exact) mass is 570 g/mol. The molecule has 0 saturated carbocycles. The lowest BCUT2D eigenvalue weighted by molar-refractivity contribution is -0.0562. The molecule has 0 spiro atoms. The first-order chi connectivity index (χ1) is 21.3. The highest BCUT2D eigenvalue weighted by Gasteiger charge is 2.37. The van der Waals surface area contributed by atoms with Crippen molar-refractivity contribution in [2.75, 3.05) is 6.61 Å². The van der Waals surface area contributed by atoms with Crippen LogP contribution in [0, 0.1) is 0 Å². The molecular weight excluding hydrogens is 528 g/mol. The van der Waals surface area contributed by atoms with Gasteiger partial charge in [-0.3, -0.25) is 0 Å². The summed E-state index contributed by atoms with van der Waals surface area (Å²) in [4.78, 5) is 0. The molecule has 0 aromatic heterocycles. The molecule has 0 unspecified atom stereocenters. The van der Waals surface area contributed by atoms with Gasteiger partial charge in [0.1, 0.15) is 5.60 Å². The van der Waals surface area contributed by atoms with Gasteiger partial charge in [-0.2, -0.15) is 0 Å². The SMILES string of the molecule is CC[C@H](C[C@H](CCOC(c1ccccc1)(c1ccccc1)c1ccccc1)OCc1ccccc1)OCc1ccccc1. The average molecular weight is 571 g/mol. The highest BCUT2D eigenvalue weighted by atomic mass is 16.5. The summed E-state index contributed by atoms with van der Waals surface area (Å²) in [5.41, 5.74) is 4.91. The molecule has 3 nitrogen and oxygen atoms in total. The smallest absolute Gasteiger partial charge is 0.143 e. The van der Waals surface area contributed by atoms with E-state index in [1.165, 1.54) is 11.1 Å². The molecule has 5 rings (SSSR count). The number of hydrogen-bond acceptors (Lipinski definition) is 3. The zero-order valence-corrected chi connectivity index (χ0v) is 25.1. The number of benzene rings is 5. The Kier molecular flexibility index (Phi) is 11.3. The van der Waals surface area contributed by atoms with Crippen molar-refractivity contribution in [3.05, 3.63) is 179 Å². The maximum absolute atomic E-state index is 7.09. The zero-order chi connectivity index (χ0) is 29.6. The summed E-state index contributed by atoms with van der Waals surface area (Å²) < 4.78 is 20.1. The quantitative estimate of drug-likeness (QED) is 0.111. The van der Waals surface area contributed by atoms with Crippen molar-refractivity contribution in [3.8, 4) is 0 Å². The van der Waals surface area contributed by atoms with Crippen LogP contribution in [0.15, 0.2) is 152 Å². The van der Waals surface area contributed by atoms with E-state index in [1.807, 2.05) is 12.1 Å². The van der Waals surface area contributed by atoms with E-state index in [9.17, 15) is 0 Å². The van der Waals surface area contributed by atoms with Crippen LogP contribution in [0.2, 0.25) is 0 Å². The fourth-order valence-corrected chi connectivity index (χ4v) is 5.60. The third kappa shape index (κ3) is 8.30. The van der Waals surface area contributed by atoms with E-state index in [0.717, 1.165) is 36.0 Å². The van der Waals surface area contributed by atoms with Crippen molar-refractivity contribution in [1.82, 2.24) is 0 Å². The Labute approximate surface area is 257 Å². The van der Waals surface area contributed by atoms with Gasteiger partial charge in [0.15, 0.2) is 0 Å². The van der Waals surface area contributed by atoms with Crippen molar-refractivity contribution in [2.24, 2.45) is 0 Å². The van der Waals surface area contributed by atoms with E-state index in [4.69, 9.17) is 14.2 Å². The Morgan fingerprint density at radius 1 is 0.488 bits per heavy atom. The molecular formula is C40H42O3. The highest BCUT2D eigenvalue weighted by molar-refractivity contribution is 5.47. The molecule has 0 aliphatic rings. The fourth-order valence-electron chi connectivity index (χ4n) is 5.60.